The van der Waals surface area contributed by atoms with Gasteiger partial charge in [0.2, 0.25) is 17.7 Å². The minimum Gasteiger partial charge on any atom is -0.338 e. The number of imidazole rings is 1. The van der Waals surface area contributed by atoms with Gasteiger partial charge in [-0.15, -0.1) is 0 Å². The zero-order chi connectivity index (χ0) is 22.2. The first-order valence-corrected chi connectivity index (χ1v) is 11.0. The zero-order valence-corrected chi connectivity index (χ0v) is 18.6. The van der Waals surface area contributed by atoms with Crippen molar-refractivity contribution in [2.45, 2.75) is 56.5 Å². The van der Waals surface area contributed by atoms with Crippen LogP contribution in [0.4, 0.5) is 0 Å². The summed E-state index contributed by atoms with van der Waals surface area (Å²) in [7, 11) is 3.55. The maximum atomic E-state index is 13.8. The molecule has 0 bridgehead atoms. The lowest BCUT2D eigenvalue weighted by molar-refractivity contribution is -0.144. The molecule has 2 fully saturated rings. The largest absolute Gasteiger partial charge is 0.338 e. The second kappa shape index (κ2) is 8.46. The van der Waals surface area contributed by atoms with Gasteiger partial charge < -0.3 is 9.47 Å². The van der Waals surface area contributed by atoms with Crippen molar-refractivity contribution >= 4 is 29.3 Å². The number of imide groups is 1. The molecule has 1 aromatic heterocycles. The number of rotatable bonds is 6. The number of carbonyl (C=O) groups excluding carboxylic acids is 3. The SMILES string of the molecule is CN(Cc1nccn1C)C(=O)C[C@]1(c2ccccc2Cl)CC(=O)N(C2CCCC2)C1=O. The molecule has 7 nitrogen and oxygen atoms in total. The van der Waals surface area contributed by atoms with E-state index < -0.39 is 5.41 Å². The highest BCUT2D eigenvalue weighted by molar-refractivity contribution is 6.32. The number of benzene rings is 1. The summed E-state index contributed by atoms with van der Waals surface area (Å²) >= 11 is 6.49. The van der Waals surface area contributed by atoms with Crippen molar-refractivity contribution in [1.82, 2.24) is 19.4 Å². The highest BCUT2D eigenvalue weighted by atomic mass is 35.5. The Labute approximate surface area is 187 Å². The third kappa shape index (κ3) is 3.87. The Morgan fingerprint density at radius 2 is 1.97 bits per heavy atom. The van der Waals surface area contributed by atoms with E-state index >= 15 is 0 Å². The topological polar surface area (TPSA) is 75.5 Å². The predicted octanol–water partition coefficient (Wildman–Crippen LogP) is 3.06. The molecule has 3 amide bonds. The summed E-state index contributed by atoms with van der Waals surface area (Å²) in [5, 5.41) is 0.400. The average molecular weight is 443 g/mol. The maximum Gasteiger partial charge on any atom is 0.241 e. The molecule has 2 aromatic rings. The number of amides is 3. The number of hydrogen-bond donors (Lipinski definition) is 0. The molecular weight excluding hydrogens is 416 g/mol. The van der Waals surface area contributed by atoms with Crippen LogP contribution in [0.5, 0.6) is 0 Å². The van der Waals surface area contributed by atoms with E-state index in [9.17, 15) is 14.4 Å². The molecule has 4 rings (SSSR count). The predicted molar refractivity (Wildman–Crippen MR) is 116 cm³/mol. The van der Waals surface area contributed by atoms with Crippen molar-refractivity contribution in [3.8, 4) is 0 Å². The average Bonchev–Trinajstić information content (AvgIpc) is 3.44. The number of likely N-dealkylation sites (tertiary alicyclic amines) is 1. The summed E-state index contributed by atoms with van der Waals surface area (Å²) in [4.78, 5) is 47.3. The lowest BCUT2D eigenvalue weighted by atomic mass is 9.75. The summed E-state index contributed by atoms with van der Waals surface area (Å²) in [6.45, 7) is 0.315. The van der Waals surface area contributed by atoms with E-state index in [1.54, 1.807) is 42.4 Å². The van der Waals surface area contributed by atoms with Gasteiger partial charge in [-0.1, -0.05) is 42.6 Å². The highest BCUT2D eigenvalue weighted by Crippen LogP contribution is 2.45. The van der Waals surface area contributed by atoms with Gasteiger partial charge in [0, 0.05) is 50.4 Å². The monoisotopic (exact) mass is 442 g/mol. The molecule has 1 saturated carbocycles. The van der Waals surface area contributed by atoms with Crippen molar-refractivity contribution in [3.63, 3.8) is 0 Å². The second-order valence-corrected chi connectivity index (χ2v) is 9.03. The van der Waals surface area contributed by atoms with Crippen molar-refractivity contribution in [1.29, 1.82) is 0 Å². The van der Waals surface area contributed by atoms with Crippen LogP contribution in [0.25, 0.3) is 0 Å². The first-order chi connectivity index (χ1) is 14.8. The normalized spacial score (nSPS) is 21.8. The van der Waals surface area contributed by atoms with Gasteiger partial charge >= 0.3 is 0 Å². The van der Waals surface area contributed by atoms with Gasteiger partial charge in [-0.25, -0.2) is 4.98 Å². The van der Waals surface area contributed by atoms with Crippen LogP contribution in [0, 0.1) is 0 Å². The number of hydrogen-bond acceptors (Lipinski definition) is 4. The molecule has 0 N–H and O–H groups in total. The summed E-state index contributed by atoms with van der Waals surface area (Å²) < 4.78 is 1.85. The third-order valence-corrected chi connectivity index (χ3v) is 6.94. The molecule has 2 aliphatic rings. The van der Waals surface area contributed by atoms with Crippen molar-refractivity contribution in [2.24, 2.45) is 7.05 Å². The molecule has 164 valence electrons. The Hall–Kier alpha value is -2.67. The molecule has 1 aliphatic heterocycles. The van der Waals surface area contributed by atoms with Gasteiger partial charge in [0.05, 0.1) is 12.0 Å². The lowest BCUT2D eigenvalue weighted by Crippen LogP contribution is -2.45. The molecule has 0 radical (unpaired) electrons. The molecule has 0 unspecified atom stereocenters. The molecule has 8 heteroatoms. The molecule has 2 heterocycles. The number of halogens is 1. The maximum absolute atomic E-state index is 13.8. The molecule has 1 atom stereocenters. The van der Waals surface area contributed by atoms with Gasteiger partial charge in [0.15, 0.2) is 0 Å². The minimum absolute atomic E-state index is 0.0337. The Kier molecular flexibility index (Phi) is 5.88. The molecule has 1 aromatic carbocycles. The molecule has 1 saturated heterocycles. The van der Waals surface area contributed by atoms with Crippen LogP contribution >= 0.6 is 11.6 Å². The highest BCUT2D eigenvalue weighted by Gasteiger charge is 2.56. The zero-order valence-electron chi connectivity index (χ0n) is 17.9. The first-order valence-electron chi connectivity index (χ1n) is 10.6. The summed E-state index contributed by atoms with van der Waals surface area (Å²) in [5.74, 6) is 0.00834. The molecule has 0 spiro atoms. The fourth-order valence-electron chi connectivity index (χ4n) is 4.83. The van der Waals surface area contributed by atoms with Crippen LogP contribution in [0.1, 0.15) is 49.9 Å². The number of aromatic nitrogens is 2. The van der Waals surface area contributed by atoms with Crippen LogP contribution in [0.2, 0.25) is 5.02 Å². The van der Waals surface area contributed by atoms with Crippen LogP contribution in [0.15, 0.2) is 36.7 Å². The van der Waals surface area contributed by atoms with E-state index in [4.69, 9.17) is 11.6 Å². The standard InChI is InChI=1S/C23H27ClN4O3/c1-26-12-11-25-19(26)15-27(2)20(29)13-23(17-9-5-6-10-18(17)24)14-21(30)28(22(23)31)16-7-3-4-8-16/h5-6,9-12,16H,3-4,7-8,13-15H2,1-2H3/t23-/m1/s1. The van der Waals surface area contributed by atoms with E-state index in [1.807, 2.05) is 17.8 Å². The van der Waals surface area contributed by atoms with Crippen molar-refractivity contribution in [2.75, 3.05) is 7.05 Å². The third-order valence-electron chi connectivity index (χ3n) is 6.61. The van der Waals surface area contributed by atoms with Crippen molar-refractivity contribution in [3.05, 3.63) is 53.1 Å². The van der Waals surface area contributed by atoms with Gasteiger partial charge in [-0.05, 0) is 24.5 Å². The Morgan fingerprint density at radius 3 is 2.61 bits per heavy atom. The van der Waals surface area contributed by atoms with Crippen molar-refractivity contribution < 1.29 is 14.4 Å². The Bertz CT molecular complexity index is 1010. The van der Waals surface area contributed by atoms with Crippen LogP contribution in [0.3, 0.4) is 0 Å². The van der Waals surface area contributed by atoms with E-state index in [-0.39, 0.29) is 36.6 Å². The van der Waals surface area contributed by atoms with Gasteiger partial charge in [0.1, 0.15) is 5.82 Å². The summed E-state index contributed by atoms with van der Waals surface area (Å²) in [6, 6.07) is 6.96. The van der Waals surface area contributed by atoms with Crippen LogP contribution < -0.4 is 0 Å². The van der Waals surface area contributed by atoms with Gasteiger partial charge in [-0.2, -0.15) is 0 Å². The van der Waals surface area contributed by atoms with Gasteiger partial charge in [0.25, 0.3) is 0 Å². The Morgan fingerprint density at radius 1 is 1.26 bits per heavy atom. The summed E-state index contributed by atoms with van der Waals surface area (Å²) in [5.41, 5.74) is -0.723. The minimum atomic E-state index is -1.27. The molecule has 1 aliphatic carbocycles. The fraction of sp³-hybridized carbons (Fsp3) is 0.478. The van der Waals surface area contributed by atoms with Crippen LogP contribution in [-0.4, -0.2) is 50.2 Å². The van der Waals surface area contributed by atoms with E-state index in [0.29, 0.717) is 17.1 Å². The summed E-state index contributed by atoms with van der Waals surface area (Å²) in [6.07, 6.45) is 7.01. The quantitative estimate of drug-likeness (QED) is 0.644. The van der Waals surface area contributed by atoms with Gasteiger partial charge in [-0.3, -0.25) is 19.3 Å². The molecule has 31 heavy (non-hydrogen) atoms. The van der Waals surface area contributed by atoms with E-state index in [0.717, 1.165) is 31.5 Å². The smallest absolute Gasteiger partial charge is 0.241 e. The number of nitrogens with zero attached hydrogens (tertiary/aromatic N) is 4. The lowest BCUT2D eigenvalue weighted by Gasteiger charge is -2.31. The fourth-order valence-corrected chi connectivity index (χ4v) is 5.15. The van der Waals surface area contributed by atoms with Crippen LogP contribution in [-0.2, 0) is 33.4 Å². The second-order valence-electron chi connectivity index (χ2n) is 8.63. The van der Waals surface area contributed by atoms with E-state index in [1.165, 1.54) is 4.90 Å². The van der Waals surface area contributed by atoms with E-state index in [2.05, 4.69) is 4.98 Å². The number of carbonyl (C=O) groups is 3. The molecular formula is C23H27ClN4O3. The number of aryl methyl sites for hydroxylation is 1. The Balaban J connectivity index is 1.66. The first kappa shape index (κ1) is 21.6.